The number of rotatable bonds is 18. The second kappa shape index (κ2) is 25.2. The Balaban J connectivity index is 1.06. The van der Waals surface area contributed by atoms with Crippen LogP contribution in [0.1, 0.15) is 66.7 Å². The molecular weight excluding hydrogens is 905 g/mol. The molecule has 1 fully saturated rings. The molecule has 2 aliphatic heterocycles. The number of nitrogens with zero attached hydrogens (tertiary/aromatic N) is 1. The third-order valence-corrected chi connectivity index (χ3v) is 12.4. The van der Waals surface area contributed by atoms with Crippen molar-refractivity contribution in [3.05, 3.63) is 89.0 Å². The van der Waals surface area contributed by atoms with Crippen molar-refractivity contribution in [2.75, 3.05) is 72.6 Å². The number of alkyl carbamates (subject to hydrolysis) is 1. The maximum Gasteiger partial charge on any atom is 0.407 e. The minimum atomic E-state index is -2.27. The predicted molar refractivity (Wildman–Crippen MR) is 254 cm³/mol. The van der Waals surface area contributed by atoms with Gasteiger partial charge < -0.3 is 62.6 Å². The van der Waals surface area contributed by atoms with E-state index in [1.165, 1.54) is 11.1 Å². The van der Waals surface area contributed by atoms with Crippen molar-refractivity contribution >= 4 is 53.4 Å². The summed E-state index contributed by atoms with van der Waals surface area (Å²) in [5.41, 5.74) is 9.45. The molecule has 1 saturated heterocycles. The molecule has 21 nitrogen and oxygen atoms in total. The lowest BCUT2D eigenvalue weighted by atomic mass is 9.84. The number of ether oxygens (including phenoxy) is 2. The Hall–Kier alpha value is -7.55. The molecule has 70 heavy (non-hydrogen) atoms. The average molecular weight is 967 g/mol. The van der Waals surface area contributed by atoms with Crippen molar-refractivity contribution in [2.24, 2.45) is 11.1 Å². The number of carbonyl (C=O) groups is 9. The SMILES string of the molecule is CN1CCc2c(cccc2OCCCNC(=O)CCNC(=O)C2(CNC(=O)CNC(=O)OCC3c4ccccc4-c4ccccc43)CNC(=O)CCNC(=O)[C@H](CCC(N)=O)NC(=O)CCNC2=O)C1. The first-order chi connectivity index (χ1) is 33.7. The normalized spacial score (nSPS) is 18.6. The van der Waals surface area contributed by atoms with Crippen LogP contribution >= 0.6 is 0 Å². The summed E-state index contributed by atoms with van der Waals surface area (Å²) in [6, 6.07) is 20.4. The molecule has 6 rings (SSSR count). The van der Waals surface area contributed by atoms with E-state index in [-0.39, 0.29) is 64.3 Å². The zero-order valence-electron chi connectivity index (χ0n) is 39.2. The van der Waals surface area contributed by atoms with Gasteiger partial charge in [0.1, 0.15) is 18.4 Å². The van der Waals surface area contributed by atoms with E-state index >= 15 is 0 Å². The number of amides is 9. The van der Waals surface area contributed by atoms with Crippen LogP contribution in [0.5, 0.6) is 5.75 Å². The van der Waals surface area contributed by atoms with E-state index in [0.717, 1.165) is 47.5 Å². The fourth-order valence-electron chi connectivity index (χ4n) is 8.52. The Morgan fingerprint density at radius 1 is 0.771 bits per heavy atom. The van der Waals surface area contributed by atoms with Gasteiger partial charge in [-0.2, -0.15) is 0 Å². The smallest absolute Gasteiger partial charge is 0.407 e. The number of hydrogen-bond donors (Lipinski definition) is 9. The summed E-state index contributed by atoms with van der Waals surface area (Å²) in [5.74, 6) is -5.32. The van der Waals surface area contributed by atoms with E-state index in [1.54, 1.807) is 0 Å². The average Bonchev–Trinajstić information content (AvgIpc) is 3.66. The molecule has 0 aromatic heterocycles. The van der Waals surface area contributed by atoms with E-state index < -0.39 is 84.4 Å². The maximum absolute atomic E-state index is 14.2. The first kappa shape index (κ1) is 51.8. The minimum Gasteiger partial charge on any atom is -0.493 e. The highest BCUT2D eigenvalue weighted by Gasteiger charge is 2.46. The molecule has 0 spiro atoms. The van der Waals surface area contributed by atoms with Gasteiger partial charge >= 0.3 is 6.09 Å². The van der Waals surface area contributed by atoms with E-state index in [0.29, 0.717) is 19.6 Å². The Morgan fingerprint density at radius 2 is 1.49 bits per heavy atom. The van der Waals surface area contributed by atoms with Crippen LogP contribution in [-0.4, -0.2) is 137 Å². The first-order valence-electron chi connectivity index (χ1n) is 23.5. The van der Waals surface area contributed by atoms with Crippen molar-refractivity contribution in [1.29, 1.82) is 0 Å². The molecule has 21 heteroatoms. The van der Waals surface area contributed by atoms with Crippen molar-refractivity contribution < 1.29 is 52.6 Å². The Bertz CT molecular complexity index is 2390. The highest BCUT2D eigenvalue weighted by molar-refractivity contribution is 6.06. The predicted octanol–water partition coefficient (Wildman–Crippen LogP) is -0.400. The van der Waals surface area contributed by atoms with Gasteiger partial charge in [-0.3, -0.25) is 38.4 Å². The second-order valence-electron chi connectivity index (χ2n) is 17.4. The summed E-state index contributed by atoms with van der Waals surface area (Å²) in [6.45, 7) is -0.388. The molecule has 2 atom stereocenters. The van der Waals surface area contributed by atoms with Crippen LogP contribution < -0.4 is 53.0 Å². The number of nitrogens with two attached hydrogens (primary N) is 1. The largest absolute Gasteiger partial charge is 0.493 e. The highest BCUT2D eigenvalue weighted by Crippen LogP contribution is 2.44. The summed E-state index contributed by atoms with van der Waals surface area (Å²) in [5, 5.41) is 20.4. The third-order valence-electron chi connectivity index (χ3n) is 12.4. The van der Waals surface area contributed by atoms with Gasteiger partial charge in [0, 0.05) is 84.0 Å². The Kier molecular flexibility index (Phi) is 18.6. The van der Waals surface area contributed by atoms with Gasteiger partial charge in [0.25, 0.3) is 0 Å². The van der Waals surface area contributed by atoms with Gasteiger partial charge in [0.2, 0.25) is 47.3 Å². The van der Waals surface area contributed by atoms with Crippen LogP contribution in [0, 0.1) is 5.41 Å². The number of benzene rings is 3. The first-order valence-corrected chi connectivity index (χ1v) is 23.5. The van der Waals surface area contributed by atoms with Crippen LogP contribution in [0.2, 0.25) is 0 Å². The summed E-state index contributed by atoms with van der Waals surface area (Å²) < 4.78 is 11.6. The van der Waals surface area contributed by atoms with Gasteiger partial charge in [0.15, 0.2) is 5.41 Å². The van der Waals surface area contributed by atoms with Gasteiger partial charge in [-0.25, -0.2) is 4.79 Å². The number of likely N-dealkylation sites (N-methyl/N-ethyl adjacent to an activating group) is 1. The minimum absolute atomic E-state index is 0.0131. The van der Waals surface area contributed by atoms with E-state index in [2.05, 4.69) is 60.5 Å². The maximum atomic E-state index is 14.2. The van der Waals surface area contributed by atoms with Gasteiger partial charge in [0.05, 0.1) is 13.2 Å². The molecule has 10 N–H and O–H groups in total. The fraction of sp³-hybridized carbons (Fsp3) is 0.449. The molecule has 3 aromatic carbocycles. The van der Waals surface area contributed by atoms with Gasteiger partial charge in [-0.05, 0) is 65.8 Å². The zero-order valence-corrected chi connectivity index (χ0v) is 39.2. The summed E-state index contributed by atoms with van der Waals surface area (Å²) in [6.07, 6.45) is -0.724. The molecule has 0 radical (unpaired) electrons. The van der Waals surface area contributed by atoms with Crippen LogP contribution in [-0.2, 0) is 56.1 Å². The molecule has 1 unspecified atom stereocenters. The number of primary amides is 1. The molecule has 3 aliphatic rings. The number of fused-ring (bicyclic) bond motifs is 4. The van der Waals surface area contributed by atoms with E-state index in [1.807, 2.05) is 60.7 Å². The lowest BCUT2D eigenvalue weighted by Crippen LogP contribution is -2.62. The van der Waals surface area contributed by atoms with Crippen molar-refractivity contribution in [1.82, 2.24) is 47.4 Å². The molecule has 374 valence electrons. The van der Waals surface area contributed by atoms with E-state index in [4.69, 9.17) is 15.2 Å². The topological polar surface area (TPSA) is 298 Å². The molecule has 3 aromatic rings. The lowest BCUT2D eigenvalue weighted by Gasteiger charge is -2.31. The molecule has 0 saturated carbocycles. The van der Waals surface area contributed by atoms with E-state index in [9.17, 15) is 43.2 Å². The summed E-state index contributed by atoms with van der Waals surface area (Å²) in [4.78, 5) is 120. The van der Waals surface area contributed by atoms with Crippen molar-refractivity contribution in [3.8, 4) is 16.9 Å². The monoisotopic (exact) mass is 966 g/mol. The Labute approximate surface area is 405 Å². The molecule has 0 bridgehead atoms. The highest BCUT2D eigenvalue weighted by atomic mass is 16.5. The third kappa shape index (κ3) is 14.2. The number of hydrogen-bond acceptors (Lipinski definition) is 12. The molecule has 2 heterocycles. The molecular formula is C49H62N10O11. The Morgan fingerprint density at radius 3 is 2.23 bits per heavy atom. The van der Waals surface area contributed by atoms with Crippen LogP contribution in [0.15, 0.2) is 66.7 Å². The summed E-state index contributed by atoms with van der Waals surface area (Å²) in [7, 11) is 2.07. The standard InChI is InChI=1S/C49H62N10O11/c1-59-24-19-32-31(27-59)8-6-13-39(32)69-25-7-20-51-41(61)17-22-53-46(66)49(29-56-42(62)16-21-52-45(65)38(14-15-40(50)60)58-43(63)18-23-54-47(49)67)30-57-44(64)26-55-48(68)70-28-37-35-11-4-2-9-33(35)34-10-3-5-12-36(34)37/h2-6,8-13,37-38H,7,14-30H2,1H3,(H2,50,60)(H,51,61)(H,52,65)(H,53,66)(H,54,67)(H,55,68)(H,56,62)(H,57,64)(H,58,63)/t38-,49?/m0/s1. The van der Waals surface area contributed by atoms with Crippen molar-refractivity contribution in [2.45, 2.75) is 63.5 Å². The second-order valence-corrected chi connectivity index (χ2v) is 17.4. The zero-order chi connectivity index (χ0) is 50.0. The summed E-state index contributed by atoms with van der Waals surface area (Å²) >= 11 is 0. The number of nitrogens with one attached hydrogen (secondary N) is 8. The van der Waals surface area contributed by atoms with Gasteiger partial charge in [-0.15, -0.1) is 0 Å². The number of carbonyl (C=O) groups excluding carboxylic acids is 9. The lowest BCUT2D eigenvalue weighted by molar-refractivity contribution is -0.143. The quantitative estimate of drug-likeness (QED) is 0.0582. The van der Waals surface area contributed by atoms with Gasteiger partial charge in [-0.1, -0.05) is 60.7 Å². The van der Waals surface area contributed by atoms with Crippen molar-refractivity contribution in [3.63, 3.8) is 0 Å². The van der Waals surface area contributed by atoms with Crippen LogP contribution in [0.4, 0.5) is 4.79 Å². The fourth-order valence-corrected chi connectivity index (χ4v) is 8.52. The van der Waals surface area contributed by atoms with Crippen LogP contribution in [0.25, 0.3) is 11.1 Å². The molecule has 9 amide bonds. The molecule has 1 aliphatic carbocycles. The van der Waals surface area contributed by atoms with Crippen LogP contribution in [0.3, 0.4) is 0 Å².